The maximum absolute atomic E-state index is 13.4. The average molecular weight is 551 g/mol. The van der Waals surface area contributed by atoms with E-state index in [0.717, 1.165) is 47.2 Å². The van der Waals surface area contributed by atoms with Gasteiger partial charge < -0.3 is 14.6 Å². The molecule has 1 aliphatic rings. The minimum Gasteiger partial charge on any atom is -0.497 e. The first-order valence-electron chi connectivity index (χ1n) is 12.5. The number of methoxy groups -OCH3 is 1. The molecule has 0 bridgehead atoms. The smallest absolute Gasteiger partial charge is 0.303 e. The van der Waals surface area contributed by atoms with Gasteiger partial charge in [0.05, 0.1) is 24.1 Å². The van der Waals surface area contributed by atoms with Gasteiger partial charge in [-0.3, -0.25) is 14.7 Å². The molecule has 0 saturated carbocycles. The SMILES string of the molecule is COc1ccc2ncc(Cl)c(CCCC3(CC(=O)O)CCN(CCOc4cc(F)c(F)c(F)c4)CC3)c2c1. The van der Waals surface area contributed by atoms with Crippen LogP contribution >= 0.6 is 11.6 Å². The van der Waals surface area contributed by atoms with Gasteiger partial charge in [0.2, 0.25) is 0 Å². The van der Waals surface area contributed by atoms with Crippen molar-refractivity contribution in [1.82, 2.24) is 9.88 Å². The highest BCUT2D eigenvalue weighted by Gasteiger charge is 2.36. The molecule has 1 saturated heterocycles. The molecule has 1 aromatic heterocycles. The van der Waals surface area contributed by atoms with Gasteiger partial charge in [0.1, 0.15) is 18.1 Å². The molecule has 0 amide bonds. The van der Waals surface area contributed by atoms with E-state index >= 15 is 0 Å². The molecule has 6 nitrogen and oxygen atoms in total. The zero-order valence-corrected chi connectivity index (χ0v) is 21.9. The first kappa shape index (κ1) is 28.0. The second-order valence-corrected chi connectivity index (χ2v) is 10.2. The highest BCUT2D eigenvalue weighted by atomic mass is 35.5. The van der Waals surface area contributed by atoms with Crippen LogP contribution in [-0.2, 0) is 11.2 Å². The number of carboxylic acid groups (broad SMARTS) is 1. The van der Waals surface area contributed by atoms with Crippen molar-refractivity contribution in [2.75, 3.05) is 33.4 Å². The second-order valence-electron chi connectivity index (χ2n) is 9.78. The number of likely N-dealkylation sites (tertiary alicyclic amines) is 1. The maximum Gasteiger partial charge on any atom is 0.303 e. The zero-order chi connectivity index (χ0) is 27.3. The summed E-state index contributed by atoms with van der Waals surface area (Å²) in [5.41, 5.74) is 1.47. The molecule has 4 rings (SSSR count). The van der Waals surface area contributed by atoms with E-state index in [0.29, 0.717) is 43.9 Å². The van der Waals surface area contributed by atoms with Crippen LogP contribution in [0.25, 0.3) is 10.9 Å². The van der Waals surface area contributed by atoms with Crippen LogP contribution in [0.2, 0.25) is 5.02 Å². The van der Waals surface area contributed by atoms with Crippen LogP contribution < -0.4 is 9.47 Å². The van der Waals surface area contributed by atoms with Gasteiger partial charge in [-0.05, 0) is 74.4 Å². The number of nitrogens with zero attached hydrogens (tertiary/aromatic N) is 2. The van der Waals surface area contributed by atoms with Gasteiger partial charge in [-0.1, -0.05) is 11.6 Å². The number of piperidine rings is 1. The number of carbonyl (C=O) groups is 1. The number of ether oxygens (including phenoxy) is 2. The van der Waals surface area contributed by atoms with Crippen molar-refractivity contribution < 1.29 is 32.5 Å². The van der Waals surface area contributed by atoms with Crippen LogP contribution in [0, 0.1) is 22.9 Å². The van der Waals surface area contributed by atoms with Gasteiger partial charge in [0.15, 0.2) is 17.5 Å². The van der Waals surface area contributed by atoms with Crippen molar-refractivity contribution in [1.29, 1.82) is 0 Å². The van der Waals surface area contributed by atoms with Crippen LogP contribution in [0.3, 0.4) is 0 Å². The summed E-state index contributed by atoms with van der Waals surface area (Å²) in [4.78, 5) is 18.3. The van der Waals surface area contributed by atoms with Crippen molar-refractivity contribution in [3.63, 3.8) is 0 Å². The van der Waals surface area contributed by atoms with E-state index in [4.69, 9.17) is 21.1 Å². The Hall–Kier alpha value is -3.04. The monoisotopic (exact) mass is 550 g/mol. The molecule has 1 aliphatic heterocycles. The van der Waals surface area contributed by atoms with E-state index in [2.05, 4.69) is 9.88 Å². The number of aromatic nitrogens is 1. The standard InChI is InChI=1S/C28H30ClF3N2O4/c1-37-18-4-5-25-21(13-18)20(22(29)17-33-25)3-2-6-28(16-26(35)36)7-9-34(10-8-28)11-12-38-19-14-23(30)27(32)24(31)15-19/h4-5,13-15,17H,2-3,6-12,16H2,1H3,(H,35,36). The first-order valence-corrected chi connectivity index (χ1v) is 12.9. The molecule has 2 aromatic carbocycles. The van der Waals surface area contributed by atoms with Gasteiger partial charge in [0.25, 0.3) is 0 Å². The van der Waals surface area contributed by atoms with Crippen LogP contribution in [0.15, 0.2) is 36.5 Å². The molecule has 2 heterocycles. The predicted molar refractivity (Wildman–Crippen MR) is 138 cm³/mol. The van der Waals surface area contributed by atoms with Crippen LogP contribution in [0.5, 0.6) is 11.5 Å². The van der Waals surface area contributed by atoms with Crippen LogP contribution in [0.1, 0.15) is 37.7 Å². The Morgan fingerprint density at radius 2 is 1.84 bits per heavy atom. The number of hydrogen-bond donors (Lipinski definition) is 1. The summed E-state index contributed by atoms with van der Waals surface area (Å²) >= 11 is 6.50. The average Bonchev–Trinajstić information content (AvgIpc) is 2.89. The minimum atomic E-state index is -1.53. The van der Waals surface area contributed by atoms with Gasteiger partial charge in [-0.2, -0.15) is 0 Å². The van der Waals surface area contributed by atoms with E-state index in [1.165, 1.54) is 0 Å². The number of aliphatic carboxylic acids is 1. The lowest BCUT2D eigenvalue weighted by atomic mass is 9.72. The molecule has 1 N–H and O–H groups in total. The number of fused-ring (bicyclic) bond motifs is 1. The zero-order valence-electron chi connectivity index (χ0n) is 21.1. The lowest BCUT2D eigenvalue weighted by molar-refractivity contribution is -0.140. The summed E-state index contributed by atoms with van der Waals surface area (Å²) in [7, 11) is 1.61. The largest absolute Gasteiger partial charge is 0.497 e. The number of rotatable bonds is 11. The highest BCUT2D eigenvalue weighted by molar-refractivity contribution is 6.32. The maximum atomic E-state index is 13.4. The third-order valence-electron chi connectivity index (χ3n) is 7.34. The molecule has 0 unspecified atom stereocenters. The van der Waals surface area contributed by atoms with Gasteiger partial charge in [0, 0.05) is 30.3 Å². The number of pyridine rings is 1. The Bertz CT molecular complexity index is 1280. The van der Waals surface area contributed by atoms with Crippen molar-refractivity contribution in [2.24, 2.45) is 5.41 Å². The van der Waals surface area contributed by atoms with Crippen molar-refractivity contribution >= 4 is 28.5 Å². The molecule has 1 fully saturated rings. The number of benzene rings is 2. The molecule has 0 spiro atoms. The number of aryl methyl sites for hydroxylation is 1. The van der Waals surface area contributed by atoms with E-state index in [-0.39, 0.29) is 24.2 Å². The minimum absolute atomic E-state index is 0.0708. The Labute approximate surface area is 224 Å². The normalized spacial score (nSPS) is 15.5. The van der Waals surface area contributed by atoms with Crippen molar-refractivity contribution in [3.8, 4) is 11.5 Å². The van der Waals surface area contributed by atoms with Crippen molar-refractivity contribution in [3.05, 3.63) is 64.6 Å². The fraction of sp³-hybridized carbons (Fsp3) is 0.429. The molecule has 38 heavy (non-hydrogen) atoms. The molecule has 3 aromatic rings. The molecular weight excluding hydrogens is 521 g/mol. The first-order chi connectivity index (χ1) is 18.2. The second kappa shape index (κ2) is 12.2. The predicted octanol–water partition coefficient (Wildman–Crippen LogP) is 6.27. The summed E-state index contributed by atoms with van der Waals surface area (Å²) in [6.45, 7) is 2.04. The third-order valence-corrected chi connectivity index (χ3v) is 7.67. The summed E-state index contributed by atoms with van der Waals surface area (Å²) < 4.78 is 50.7. The van der Waals surface area contributed by atoms with E-state index in [9.17, 15) is 23.1 Å². The van der Waals surface area contributed by atoms with Gasteiger partial charge >= 0.3 is 5.97 Å². The topological polar surface area (TPSA) is 71.9 Å². The van der Waals surface area contributed by atoms with Gasteiger partial charge in [-0.15, -0.1) is 0 Å². The van der Waals surface area contributed by atoms with Crippen molar-refractivity contribution in [2.45, 2.75) is 38.5 Å². The highest BCUT2D eigenvalue weighted by Crippen LogP contribution is 2.40. The Morgan fingerprint density at radius 3 is 2.50 bits per heavy atom. The van der Waals surface area contributed by atoms with Crippen LogP contribution in [0.4, 0.5) is 13.2 Å². The summed E-state index contributed by atoms with van der Waals surface area (Å²) in [6, 6.07) is 7.31. The Kier molecular flexibility index (Phi) is 8.99. The molecule has 204 valence electrons. The Balaban J connectivity index is 1.34. The molecule has 0 radical (unpaired) electrons. The summed E-state index contributed by atoms with van der Waals surface area (Å²) in [5, 5.41) is 11.1. The Morgan fingerprint density at radius 1 is 1.13 bits per heavy atom. The van der Waals surface area contributed by atoms with Gasteiger partial charge in [-0.25, -0.2) is 13.2 Å². The summed E-state index contributed by atoms with van der Waals surface area (Å²) in [5.74, 6) is -4.29. The number of halogens is 4. The van der Waals surface area contributed by atoms with E-state index < -0.39 is 23.4 Å². The van der Waals surface area contributed by atoms with E-state index in [1.54, 1.807) is 13.3 Å². The number of carboxylic acids is 1. The quantitative estimate of drug-likeness (QED) is 0.284. The lowest BCUT2D eigenvalue weighted by Crippen LogP contribution is -2.42. The van der Waals surface area contributed by atoms with Crippen LogP contribution in [-0.4, -0.2) is 54.3 Å². The number of hydrogen-bond acceptors (Lipinski definition) is 5. The summed E-state index contributed by atoms with van der Waals surface area (Å²) in [6.07, 6.45) is 5.35. The fourth-order valence-electron chi connectivity index (χ4n) is 5.22. The molecule has 0 aliphatic carbocycles. The lowest BCUT2D eigenvalue weighted by Gasteiger charge is -2.41. The molecular formula is C28H30ClF3N2O4. The van der Waals surface area contributed by atoms with E-state index in [1.807, 2.05) is 18.2 Å². The molecule has 0 atom stereocenters. The fourth-order valence-corrected chi connectivity index (χ4v) is 5.46. The molecule has 10 heteroatoms. The third kappa shape index (κ3) is 6.69.